The second-order valence-electron chi connectivity index (χ2n) is 9.04. The predicted molar refractivity (Wildman–Crippen MR) is 129 cm³/mol. The van der Waals surface area contributed by atoms with Gasteiger partial charge in [0, 0.05) is 25.7 Å². The Morgan fingerprint density at radius 2 is 1.91 bits per heavy atom. The average molecular weight is 476 g/mol. The van der Waals surface area contributed by atoms with E-state index in [4.69, 9.17) is 9.47 Å². The zero-order chi connectivity index (χ0) is 23.9. The molecule has 0 aliphatic carbocycles. The van der Waals surface area contributed by atoms with E-state index in [0.29, 0.717) is 30.5 Å². The van der Waals surface area contributed by atoms with E-state index in [-0.39, 0.29) is 30.2 Å². The number of carbonyl (C=O) groups excluding carboxylic acids is 2. The first-order chi connectivity index (χ1) is 17.1. The molecule has 1 N–H and O–H groups in total. The van der Waals surface area contributed by atoms with Crippen molar-refractivity contribution in [2.24, 2.45) is 0 Å². The molecule has 2 saturated heterocycles. The minimum absolute atomic E-state index is 0.00177. The van der Waals surface area contributed by atoms with Gasteiger partial charge in [-0.3, -0.25) is 19.4 Å². The highest BCUT2D eigenvalue weighted by molar-refractivity contribution is 5.95. The molecule has 0 unspecified atom stereocenters. The van der Waals surface area contributed by atoms with Crippen molar-refractivity contribution in [1.82, 2.24) is 14.5 Å². The Bertz CT molecular complexity index is 1370. The van der Waals surface area contributed by atoms with Crippen LogP contribution in [-0.2, 0) is 16.1 Å². The topological polar surface area (TPSA) is 106 Å². The number of amides is 2. The lowest BCUT2D eigenvalue weighted by Crippen LogP contribution is -2.49. The molecule has 0 spiro atoms. The van der Waals surface area contributed by atoms with E-state index >= 15 is 0 Å². The summed E-state index contributed by atoms with van der Waals surface area (Å²) in [5.74, 6) is 0.965. The molecule has 10 heteroatoms. The fraction of sp³-hybridized carbons (Fsp3) is 0.360. The Kier molecular flexibility index (Phi) is 5.37. The van der Waals surface area contributed by atoms with Crippen LogP contribution in [-0.4, -0.2) is 64.8 Å². The normalized spacial score (nSPS) is 21.8. The monoisotopic (exact) mass is 475 g/mol. The Morgan fingerprint density at radius 3 is 2.83 bits per heavy atom. The van der Waals surface area contributed by atoms with Gasteiger partial charge in [-0.25, -0.2) is 9.78 Å². The number of hydrogen-bond donors (Lipinski definition) is 1. The van der Waals surface area contributed by atoms with E-state index in [1.807, 2.05) is 34.9 Å². The van der Waals surface area contributed by atoms with Gasteiger partial charge in [0.1, 0.15) is 11.9 Å². The third-order valence-corrected chi connectivity index (χ3v) is 6.85. The fourth-order valence-corrected chi connectivity index (χ4v) is 5.18. The molecule has 2 aromatic heterocycles. The molecule has 2 fully saturated rings. The maximum atomic E-state index is 12.7. The van der Waals surface area contributed by atoms with Gasteiger partial charge in [0.15, 0.2) is 18.2 Å². The molecular weight excluding hydrogens is 450 g/mol. The van der Waals surface area contributed by atoms with Gasteiger partial charge in [0.05, 0.1) is 11.6 Å². The van der Waals surface area contributed by atoms with Crippen molar-refractivity contribution in [3.05, 3.63) is 58.9 Å². The molecule has 10 nitrogen and oxygen atoms in total. The zero-order valence-corrected chi connectivity index (χ0v) is 19.1. The molecule has 6 rings (SSSR count). The van der Waals surface area contributed by atoms with E-state index in [9.17, 15) is 14.4 Å². The Morgan fingerprint density at radius 1 is 1.03 bits per heavy atom. The van der Waals surface area contributed by atoms with Crippen LogP contribution in [0.4, 0.5) is 16.4 Å². The van der Waals surface area contributed by atoms with Gasteiger partial charge >= 0.3 is 6.09 Å². The number of ether oxygens (including phenoxy) is 2. The van der Waals surface area contributed by atoms with Crippen LogP contribution < -0.4 is 20.5 Å². The maximum Gasteiger partial charge on any atom is 0.416 e. The number of fused-ring (bicyclic) bond motifs is 3. The molecule has 180 valence electrons. The number of aryl methyl sites for hydroxylation is 1. The summed E-state index contributed by atoms with van der Waals surface area (Å²) in [6.07, 6.45) is 0.862. The summed E-state index contributed by atoms with van der Waals surface area (Å²) in [5.41, 5.74) is 0.945. The molecule has 5 heterocycles. The third kappa shape index (κ3) is 3.99. The lowest BCUT2D eigenvalue weighted by molar-refractivity contribution is -0.118. The quantitative estimate of drug-likeness (QED) is 0.603. The van der Waals surface area contributed by atoms with Crippen LogP contribution >= 0.6 is 0 Å². The van der Waals surface area contributed by atoms with E-state index < -0.39 is 6.09 Å². The predicted octanol–water partition coefficient (Wildman–Crippen LogP) is 2.22. The molecule has 3 aromatic rings. The first-order valence-electron chi connectivity index (χ1n) is 11.8. The molecule has 3 aliphatic heterocycles. The number of piperidine rings is 1. The molecule has 0 saturated carbocycles. The minimum Gasteiger partial charge on any atom is -0.480 e. The Labute approximate surface area is 201 Å². The molecule has 2 atom stereocenters. The minimum atomic E-state index is -0.431. The van der Waals surface area contributed by atoms with Crippen molar-refractivity contribution in [3.63, 3.8) is 0 Å². The third-order valence-electron chi connectivity index (χ3n) is 6.85. The van der Waals surface area contributed by atoms with Crippen LogP contribution in [0.15, 0.2) is 53.3 Å². The number of aromatic nitrogens is 2. The summed E-state index contributed by atoms with van der Waals surface area (Å²) in [6.45, 7) is 2.82. The molecule has 0 radical (unpaired) electrons. The van der Waals surface area contributed by atoms with Gasteiger partial charge in [-0.2, -0.15) is 0 Å². The van der Waals surface area contributed by atoms with Crippen molar-refractivity contribution < 1.29 is 19.1 Å². The highest BCUT2D eigenvalue weighted by Crippen LogP contribution is 2.34. The first-order valence-corrected chi connectivity index (χ1v) is 11.8. The number of benzene rings is 1. The Balaban J connectivity index is 1.10. The summed E-state index contributed by atoms with van der Waals surface area (Å²) < 4.78 is 12.9. The molecule has 35 heavy (non-hydrogen) atoms. The zero-order valence-electron chi connectivity index (χ0n) is 19.1. The Hall–Kier alpha value is -3.92. The van der Waals surface area contributed by atoms with Crippen molar-refractivity contribution in [1.29, 1.82) is 0 Å². The maximum absolute atomic E-state index is 12.7. The van der Waals surface area contributed by atoms with Gasteiger partial charge in [-0.05, 0) is 49.0 Å². The first kappa shape index (κ1) is 21.6. The van der Waals surface area contributed by atoms with E-state index in [1.165, 1.54) is 0 Å². The van der Waals surface area contributed by atoms with Crippen molar-refractivity contribution in [2.75, 3.05) is 36.5 Å². The molecule has 1 aromatic carbocycles. The number of para-hydroxylation sites is 1. The summed E-state index contributed by atoms with van der Waals surface area (Å²) in [5, 5.41) is 3.73. The number of pyridine rings is 2. The molecule has 2 amide bonds. The number of anilines is 2. The van der Waals surface area contributed by atoms with Crippen LogP contribution in [0.2, 0.25) is 0 Å². The van der Waals surface area contributed by atoms with Crippen molar-refractivity contribution in [2.45, 2.75) is 31.5 Å². The van der Waals surface area contributed by atoms with Crippen LogP contribution in [0.5, 0.6) is 5.75 Å². The molecular formula is C25H25N5O5. The molecule has 3 aliphatic rings. The second kappa shape index (κ2) is 8.70. The highest BCUT2D eigenvalue weighted by Gasteiger charge is 2.46. The van der Waals surface area contributed by atoms with Crippen molar-refractivity contribution in [3.8, 4) is 5.75 Å². The number of nitrogens with zero attached hydrogens (tertiary/aromatic N) is 4. The van der Waals surface area contributed by atoms with Crippen LogP contribution in [0, 0.1) is 0 Å². The largest absolute Gasteiger partial charge is 0.480 e. The van der Waals surface area contributed by atoms with Crippen LogP contribution in [0.3, 0.4) is 0 Å². The van der Waals surface area contributed by atoms with Crippen LogP contribution in [0.1, 0.15) is 12.8 Å². The number of carbonyl (C=O) groups is 2. The van der Waals surface area contributed by atoms with Gasteiger partial charge in [0.25, 0.3) is 11.5 Å². The summed E-state index contributed by atoms with van der Waals surface area (Å²) in [7, 11) is 0. The fourth-order valence-electron chi connectivity index (χ4n) is 5.18. The van der Waals surface area contributed by atoms with Crippen LogP contribution in [0.25, 0.3) is 10.9 Å². The van der Waals surface area contributed by atoms with E-state index in [0.717, 1.165) is 36.8 Å². The van der Waals surface area contributed by atoms with Gasteiger partial charge < -0.3 is 19.4 Å². The van der Waals surface area contributed by atoms with Gasteiger partial charge in [-0.15, -0.1) is 0 Å². The highest BCUT2D eigenvalue weighted by atomic mass is 16.6. The SMILES string of the molecule is O=C1COc2ccc(N3C(=O)O[C@H]4CN(CCCn5c(=O)ccc6ccccc65)CC[C@H]43)nc2N1. The van der Waals surface area contributed by atoms with Crippen molar-refractivity contribution >= 4 is 34.5 Å². The number of hydrogen-bond acceptors (Lipinski definition) is 7. The number of rotatable bonds is 5. The lowest BCUT2D eigenvalue weighted by Gasteiger charge is -2.35. The van der Waals surface area contributed by atoms with E-state index in [1.54, 1.807) is 23.1 Å². The van der Waals surface area contributed by atoms with Gasteiger partial charge in [-0.1, -0.05) is 18.2 Å². The second-order valence-corrected chi connectivity index (χ2v) is 9.04. The summed E-state index contributed by atoms with van der Waals surface area (Å²) in [6, 6.07) is 14.7. The smallest absolute Gasteiger partial charge is 0.416 e. The number of likely N-dealkylation sites (tertiary alicyclic amines) is 1. The van der Waals surface area contributed by atoms with E-state index in [2.05, 4.69) is 15.2 Å². The summed E-state index contributed by atoms with van der Waals surface area (Å²) >= 11 is 0. The van der Waals surface area contributed by atoms with Gasteiger partial charge in [0.2, 0.25) is 0 Å². The standard InChI is InChI=1S/C25H25N5O5/c31-22-15-34-19-7-8-21(26-24(19)27-22)30-18-10-13-28(14-20(18)35-25(30)33)11-3-12-29-17-5-2-1-4-16(17)6-9-23(29)32/h1-2,4-9,18,20H,3,10-15H2,(H,26,27,31)/t18-,20+/m1/s1. The average Bonchev–Trinajstić information content (AvgIpc) is 3.19. The lowest BCUT2D eigenvalue weighted by atomic mass is 10.0. The molecule has 0 bridgehead atoms. The number of nitrogens with one attached hydrogen (secondary N) is 1. The summed E-state index contributed by atoms with van der Waals surface area (Å²) in [4.78, 5) is 45.1.